The number of ether oxygens (including phenoxy) is 2. The molecule has 1 aliphatic heterocycles. The number of benzene rings is 1. The van der Waals surface area contributed by atoms with E-state index in [0.717, 1.165) is 6.07 Å². The third-order valence-electron chi connectivity index (χ3n) is 5.38. The molecule has 1 aliphatic carbocycles. The van der Waals surface area contributed by atoms with Crippen molar-refractivity contribution in [3.63, 3.8) is 0 Å². The topological polar surface area (TPSA) is 93.0 Å². The molecule has 0 bridgehead atoms. The van der Waals surface area contributed by atoms with Gasteiger partial charge in [-0.1, -0.05) is 0 Å². The Morgan fingerprint density at radius 2 is 1.90 bits per heavy atom. The molecule has 0 unspecified atom stereocenters. The van der Waals surface area contributed by atoms with Crippen LogP contribution in [0, 0.1) is 5.82 Å². The zero-order valence-electron chi connectivity index (χ0n) is 16.9. The summed E-state index contributed by atoms with van der Waals surface area (Å²) in [6.45, 7) is 1.23. The van der Waals surface area contributed by atoms with E-state index >= 15 is 4.39 Å². The number of nitrogens with one attached hydrogen (secondary N) is 1. The van der Waals surface area contributed by atoms with Crippen LogP contribution in [0.4, 0.5) is 23.7 Å². The number of aromatic nitrogens is 1. The van der Waals surface area contributed by atoms with Gasteiger partial charge in [-0.05, 0) is 32.8 Å². The molecule has 1 saturated heterocycles. The van der Waals surface area contributed by atoms with Crippen LogP contribution in [-0.4, -0.2) is 47.6 Å². The van der Waals surface area contributed by atoms with Gasteiger partial charge < -0.3 is 29.4 Å². The molecule has 2 N–H and O–H groups in total. The third kappa shape index (κ3) is 4.14. The molecule has 1 saturated carbocycles. The molecule has 168 valence electrons. The van der Waals surface area contributed by atoms with Crippen LogP contribution in [0.5, 0.6) is 11.5 Å². The molecular formula is C20H22F3N3O5. The number of hydrogen-bond donors (Lipinski definition) is 2. The van der Waals surface area contributed by atoms with Gasteiger partial charge in [-0.2, -0.15) is 8.78 Å². The van der Waals surface area contributed by atoms with Crippen molar-refractivity contribution < 1.29 is 32.5 Å². The molecule has 2 aromatic rings. The molecule has 2 aliphatic rings. The van der Waals surface area contributed by atoms with Crippen LogP contribution in [0.15, 0.2) is 17.1 Å². The molecule has 0 amide bonds. The Balaban J connectivity index is 2.01. The molecule has 2 fully saturated rings. The van der Waals surface area contributed by atoms with E-state index in [2.05, 4.69) is 10.1 Å². The fourth-order valence-electron chi connectivity index (χ4n) is 4.23. The number of carboxylic acid groups (broad SMARTS) is 1. The van der Waals surface area contributed by atoms with E-state index in [9.17, 15) is 18.4 Å². The van der Waals surface area contributed by atoms with Crippen molar-refractivity contribution in [2.45, 2.75) is 51.4 Å². The Morgan fingerprint density at radius 1 is 1.26 bits per heavy atom. The van der Waals surface area contributed by atoms with Gasteiger partial charge in [0.1, 0.15) is 5.69 Å². The van der Waals surface area contributed by atoms with Gasteiger partial charge in [0.15, 0.2) is 17.3 Å². The monoisotopic (exact) mass is 441 g/mol. The first-order chi connectivity index (χ1) is 14.7. The predicted molar refractivity (Wildman–Crippen MR) is 106 cm³/mol. The van der Waals surface area contributed by atoms with E-state index in [1.54, 1.807) is 4.90 Å². The molecule has 2 heterocycles. The summed E-state index contributed by atoms with van der Waals surface area (Å²) in [7, 11) is 0. The first kappa shape index (κ1) is 21.3. The second kappa shape index (κ2) is 7.95. The van der Waals surface area contributed by atoms with Crippen LogP contribution in [0.2, 0.25) is 0 Å². The van der Waals surface area contributed by atoms with Crippen molar-refractivity contribution in [2.24, 2.45) is 0 Å². The zero-order chi connectivity index (χ0) is 22.4. The average molecular weight is 441 g/mol. The number of nitrogens with zero attached hydrogens (tertiary/aromatic N) is 2. The first-order valence-corrected chi connectivity index (χ1v) is 9.93. The second-order valence-corrected chi connectivity index (χ2v) is 8.01. The Bertz CT molecular complexity index is 1080. The Kier molecular flexibility index (Phi) is 5.46. The molecule has 1 aromatic heterocycles. The summed E-state index contributed by atoms with van der Waals surface area (Å²) in [6, 6.07) is 0.708. The minimum Gasteiger partial charge on any atom is -0.449 e. The van der Waals surface area contributed by atoms with Crippen LogP contribution < -0.4 is 25.1 Å². The van der Waals surface area contributed by atoms with Gasteiger partial charge in [0.2, 0.25) is 5.43 Å². The highest BCUT2D eigenvalue weighted by molar-refractivity contribution is 5.92. The highest BCUT2D eigenvalue weighted by atomic mass is 19.3. The maximum absolute atomic E-state index is 15.3. The van der Waals surface area contributed by atoms with Crippen molar-refractivity contribution in [3.8, 4) is 11.5 Å². The molecule has 1 aromatic carbocycles. The fourth-order valence-corrected chi connectivity index (χ4v) is 4.23. The Hall–Kier alpha value is -2.95. The van der Waals surface area contributed by atoms with Crippen molar-refractivity contribution in [1.29, 1.82) is 0 Å². The summed E-state index contributed by atoms with van der Waals surface area (Å²) < 4.78 is 53.0. The summed E-state index contributed by atoms with van der Waals surface area (Å²) in [5.74, 6) is -1.86. The van der Waals surface area contributed by atoms with Gasteiger partial charge in [0, 0.05) is 31.2 Å². The Labute approximate surface area is 175 Å². The number of anilines is 1. The summed E-state index contributed by atoms with van der Waals surface area (Å²) >= 11 is 0. The summed E-state index contributed by atoms with van der Waals surface area (Å²) in [6.07, 6.45) is 0.836. The maximum Gasteiger partial charge on any atom is 0.511 e. The standard InChI is InChI=1S/C20H22F3N3O5/c1-9-6-25(7-10(2)24-9)16-13(21)5-12-15(18(16)31-19(22)23)26(11-3-4-11)8-14(17(12)27)30-20(28)29/h5,8-11,19,24H,3-4,6-7H2,1-2H3,(H,28,29)/t9-,10+. The lowest BCUT2D eigenvalue weighted by Crippen LogP contribution is -2.54. The zero-order valence-corrected chi connectivity index (χ0v) is 16.9. The number of hydrogen-bond acceptors (Lipinski definition) is 6. The number of piperazine rings is 1. The van der Waals surface area contributed by atoms with E-state index in [-0.39, 0.29) is 34.7 Å². The first-order valence-electron chi connectivity index (χ1n) is 9.93. The number of alkyl halides is 2. The molecular weight excluding hydrogens is 419 g/mol. The Morgan fingerprint density at radius 3 is 2.45 bits per heavy atom. The SMILES string of the molecule is C[C@@H]1CN(c2c(F)cc3c(=O)c(OC(=O)O)cn(C4CC4)c3c2OC(F)F)C[C@H](C)N1. The van der Waals surface area contributed by atoms with Gasteiger partial charge in [0.05, 0.1) is 17.1 Å². The van der Waals surface area contributed by atoms with Gasteiger partial charge in [-0.25, -0.2) is 9.18 Å². The third-order valence-corrected chi connectivity index (χ3v) is 5.38. The minimum absolute atomic E-state index is 0.000720. The molecule has 0 spiro atoms. The van der Waals surface area contributed by atoms with Crippen molar-refractivity contribution in [2.75, 3.05) is 18.0 Å². The van der Waals surface area contributed by atoms with E-state index in [1.165, 1.54) is 10.8 Å². The van der Waals surface area contributed by atoms with Crippen LogP contribution in [0.1, 0.15) is 32.7 Å². The largest absolute Gasteiger partial charge is 0.511 e. The van der Waals surface area contributed by atoms with E-state index in [4.69, 9.17) is 9.84 Å². The van der Waals surface area contributed by atoms with E-state index < -0.39 is 35.5 Å². The molecule has 2 atom stereocenters. The normalized spacial score (nSPS) is 21.5. The lowest BCUT2D eigenvalue weighted by molar-refractivity contribution is -0.0488. The lowest BCUT2D eigenvalue weighted by Gasteiger charge is -2.38. The van der Waals surface area contributed by atoms with E-state index in [1.807, 2.05) is 13.8 Å². The van der Waals surface area contributed by atoms with Gasteiger partial charge in [0.25, 0.3) is 0 Å². The molecule has 31 heavy (non-hydrogen) atoms. The van der Waals surface area contributed by atoms with Crippen LogP contribution in [-0.2, 0) is 0 Å². The number of halogens is 3. The molecule has 0 radical (unpaired) electrons. The minimum atomic E-state index is -3.25. The average Bonchev–Trinajstić information content (AvgIpc) is 3.47. The van der Waals surface area contributed by atoms with Gasteiger partial charge in [-0.15, -0.1) is 0 Å². The lowest BCUT2D eigenvalue weighted by atomic mass is 10.1. The predicted octanol–water partition coefficient (Wildman–Crippen LogP) is 3.32. The summed E-state index contributed by atoms with van der Waals surface area (Å²) in [5.41, 5.74) is -1.06. The number of fused-ring (bicyclic) bond motifs is 1. The summed E-state index contributed by atoms with van der Waals surface area (Å²) in [5, 5.41) is 11.9. The van der Waals surface area contributed by atoms with Gasteiger partial charge >= 0.3 is 12.8 Å². The number of rotatable bonds is 5. The quantitative estimate of drug-likeness (QED) is 0.688. The van der Waals surface area contributed by atoms with E-state index in [0.29, 0.717) is 25.9 Å². The van der Waals surface area contributed by atoms with Crippen molar-refractivity contribution in [1.82, 2.24) is 9.88 Å². The highest BCUT2D eigenvalue weighted by Crippen LogP contribution is 2.45. The van der Waals surface area contributed by atoms with Crippen molar-refractivity contribution >= 4 is 22.7 Å². The van der Waals surface area contributed by atoms with Gasteiger partial charge in [-0.3, -0.25) is 4.79 Å². The number of carbonyl (C=O) groups is 1. The molecule has 11 heteroatoms. The van der Waals surface area contributed by atoms with Crippen LogP contribution in [0.3, 0.4) is 0 Å². The fraction of sp³-hybridized carbons (Fsp3) is 0.500. The van der Waals surface area contributed by atoms with Crippen molar-refractivity contribution in [3.05, 3.63) is 28.3 Å². The smallest absolute Gasteiger partial charge is 0.449 e. The highest BCUT2D eigenvalue weighted by Gasteiger charge is 2.33. The number of pyridine rings is 1. The molecule has 4 rings (SSSR count). The van der Waals surface area contributed by atoms with Crippen LogP contribution >= 0.6 is 0 Å². The van der Waals surface area contributed by atoms with Crippen LogP contribution in [0.25, 0.3) is 10.9 Å². The maximum atomic E-state index is 15.3. The summed E-state index contributed by atoms with van der Waals surface area (Å²) in [4.78, 5) is 25.4. The molecule has 8 nitrogen and oxygen atoms in total. The second-order valence-electron chi connectivity index (χ2n) is 8.01.